The van der Waals surface area contributed by atoms with Crippen molar-refractivity contribution in [3.05, 3.63) is 17.0 Å². The summed E-state index contributed by atoms with van der Waals surface area (Å²) in [6, 6.07) is 4.86. The molecule has 2 atom stereocenters. The first-order valence-electron chi connectivity index (χ1n) is 7.53. The van der Waals surface area contributed by atoms with Gasteiger partial charge < -0.3 is 10.6 Å². The molecule has 2 unspecified atom stereocenters. The molecule has 0 radical (unpaired) electrons. The quantitative estimate of drug-likeness (QED) is 0.889. The molecule has 6 heteroatoms. The zero-order valence-corrected chi connectivity index (χ0v) is 12.8. The minimum absolute atomic E-state index is 0.0150. The van der Waals surface area contributed by atoms with Gasteiger partial charge in [0.05, 0.1) is 12.1 Å². The Hall–Kier alpha value is -1.42. The van der Waals surface area contributed by atoms with E-state index in [-0.39, 0.29) is 5.91 Å². The number of nitriles is 1. The molecule has 5 nitrogen and oxygen atoms in total. The predicted molar refractivity (Wildman–Crippen MR) is 83.3 cm³/mol. The molecular formula is C15H20N4OS. The molecule has 21 heavy (non-hydrogen) atoms. The van der Waals surface area contributed by atoms with Crippen LogP contribution in [0, 0.1) is 11.3 Å². The molecule has 2 N–H and O–H groups in total. The average Bonchev–Trinajstić information content (AvgIpc) is 3.18. The van der Waals surface area contributed by atoms with Gasteiger partial charge in [-0.1, -0.05) is 0 Å². The van der Waals surface area contributed by atoms with Crippen molar-refractivity contribution in [1.82, 2.24) is 10.2 Å². The van der Waals surface area contributed by atoms with Gasteiger partial charge in [-0.15, -0.1) is 11.3 Å². The van der Waals surface area contributed by atoms with Crippen LogP contribution in [0.3, 0.4) is 0 Å². The Morgan fingerprint density at radius 3 is 3.19 bits per heavy atom. The van der Waals surface area contributed by atoms with Crippen LogP contribution in [0.1, 0.15) is 31.2 Å². The van der Waals surface area contributed by atoms with E-state index in [0.29, 0.717) is 29.2 Å². The summed E-state index contributed by atoms with van der Waals surface area (Å²) in [5.74, 6) is -0.0150. The highest BCUT2D eigenvalue weighted by Gasteiger charge is 2.33. The molecule has 1 amide bonds. The Labute approximate surface area is 128 Å². The Kier molecular flexibility index (Phi) is 4.54. The largest absolute Gasteiger partial charge is 0.315 e. The lowest BCUT2D eigenvalue weighted by Crippen LogP contribution is -2.46. The molecule has 0 aromatic carbocycles. The number of thiophene rings is 1. The van der Waals surface area contributed by atoms with E-state index in [1.807, 2.05) is 5.38 Å². The predicted octanol–water partition coefficient (Wildman–Crippen LogP) is 1.77. The summed E-state index contributed by atoms with van der Waals surface area (Å²) >= 11 is 1.40. The second-order valence-corrected chi connectivity index (χ2v) is 6.62. The lowest BCUT2D eigenvalue weighted by molar-refractivity contribution is -0.117. The van der Waals surface area contributed by atoms with Crippen molar-refractivity contribution >= 4 is 22.2 Å². The molecule has 3 heterocycles. The number of nitrogens with zero attached hydrogens (tertiary/aromatic N) is 2. The topological polar surface area (TPSA) is 68.2 Å². The van der Waals surface area contributed by atoms with Crippen molar-refractivity contribution in [2.75, 3.05) is 25.0 Å². The van der Waals surface area contributed by atoms with E-state index in [0.717, 1.165) is 13.1 Å². The summed E-state index contributed by atoms with van der Waals surface area (Å²) < 4.78 is 0. The minimum atomic E-state index is -0.0150. The maximum atomic E-state index is 12.2. The number of rotatable bonds is 4. The normalized spacial score (nSPS) is 25.9. The lowest BCUT2D eigenvalue weighted by Gasteiger charge is -2.28. The van der Waals surface area contributed by atoms with Crippen LogP contribution in [-0.4, -0.2) is 42.5 Å². The van der Waals surface area contributed by atoms with E-state index in [1.165, 1.54) is 37.0 Å². The minimum Gasteiger partial charge on any atom is -0.315 e. The molecule has 2 fully saturated rings. The zero-order chi connectivity index (χ0) is 14.7. The van der Waals surface area contributed by atoms with Gasteiger partial charge in [0.2, 0.25) is 5.91 Å². The number of nitrogens with one attached hydrogen (secondary N) is 2. The summed E-state index contributed by atoms with van der Waals surface area (Å²) in [5, 5.41) is 17.9. The molecule has 2 aliphatic rings. The molecule has 0 saturated carbocycles. The van der Waals surface area contributed by atoms with Gasteiger partial charge in [-0.3, -0.25) is 9.69 Å². The van der Waals surface area contributed by atoms with Gasteiger partial charge in [0.1, 0.15) is 11.1 Å². The molecule has 0 aliphatic carbocycles. The second-order valence-electron chi connectivity index (χ2n) is 5.71. The van der Waals surface area contributed by atoms with Gasteiger partial charge >= 0.3 is 0 Å². The van der Waals surface area contributed by atoms with Crippen LogP contribution in [0.2, 0.25) is 0 Å². The van der Waals surface area contributed by atoms with Gasteiger partial charge in [-0.05, 0) is 50.2 Å². The molecule has 0 spiro atoms. The first-order valence-corrected chi connectivity index (χ1v) is 8.41. The molecule has 1 aromatic heterocycles. The van der Waals surface area contributed by atoms with E-state index >= 15 is 0 Å². The monoisotopic (exact) mass is 304 g/mol. The van der Waals surface area contributed by atoms with Crippen molar-refractivity contribution < 1.29 is 4.79 Å². The summed E-state index contributed by atoms with van der Waals surface area (Å²) in [6.07, 6.45) is 4.79. The van der Waals surface area contributed by atoms with E-state index in [4.69, 9.17) is 5.26 Å². The zero-order valence-electron chi connectivity index (χ0n) is 12.0. The van der Waals surface area contributed by atoms with Gasteiger partial charge in [-0.25, -0.2) is 0 Å². The highest BCUT2D eigenvalue weighted by molar-refractivity contribution is 7.14. The van der Waals surface area contributed by atoms with E-state index < -0.39 is 0 Å². The number of hydrogen-bond acceptors (Lipinski definition) is 5. The SMILES string of the molecule is N#Cc1ccsc1NC(=O)CN1CCCC1C1CCCN1. The number of amides is 1. The number of carbonyl (C=O) groups excluding carboxylic acids is 1. The van der Waals surface area contributed by atoms with Crippen LogP contribution < -0.4 is 10.6 Å². The number of carbonyl (C=O) groups is 1. The second kappa shape index (κ2) is 6.56. The van der Waals surface area contributed by atoms with E-state index in [9.17, 15) is 4.79 Å². The lowest BCUT2D eigenvalue weighted by atomic mass is 10.0. The molecule has 2 saturated heterocycles. The molecule has 2 aliphatic heterocycles. The van der Waals surface area contributed by atoms with Crippen molar-refractivity contribution in [3.63, 3.8) is 0 Å². The third-order valence-electron chi connectivity index (χ3n) is 4.36. The van der Waals surface area contributed by atoms with Crippen molar-refractivity contribution in [3.8, 4) is 6.07 Å². The third-order valence-corrected chi connectivity index (χ3v) is 5.19. The first kappa shape index (κ1) is 14.5. The van der Waals surface area contributed by atoms with Crippen LogP contribution in [0.15, 0.2) is 11.4 Å². The fourth-order valence-corrected chi connectivity index (χ4v) is 4.14. The smallest absolute Gasteiger partial charge is 0.239 e. The maximum Gasteiger partial charge on any atom is 0.239 e. The van der Waals surface area contributed by atoms with E-state index in [1.54, 1.807) is 6.07 Å². The molecule has 0 bridgehead atoms. The molecule has 3 rings (SSSR count). The summed E-state index contributed by atoms with van der Waals surface area (Å²) in [4.78, 5) is 14.5. The third kappa shape index (κ3) is 3.26. The Morgan fingerprint density at radius 1 is 1.52 bits per heavy atom. The maximum absolute atomic E-state index is 12.2. The fraction of sp³-hybridized carbons (Fsp3) is 0.600. The van der Waals surface area contributed by atoms with Crippen LogP contribution in [0.5, 0.6) is 0 Å². The standard InChI is InChI=1S/C15H20N4OS/c16-9-11-5-8-21-15(11)18-14(20)10-19-7-2-4-13(19)12-3-1-6-17-12/h5,8,12-13,17H,1-4,6-7,10H2,(H,18,20). The Morgan fingerprint density at radius 2 is 2.43 bits per heavy atom. The summed E-state index contributed by atoms with van der Waals surface area (Å²) in [6.45, 7) is 2.51. The van der Waals surface area contributed by atoms with Crippen LogP contribution in [-0.2, 0) is 4.79 Å². The Balaban J connectivity index is 1.58. The van der Waals surface area contributed by atoms with Gasteiger partial charge in [-0.2, -0.15) is 5.26 Å². The van der Waals surface area contributed by atoms with Crippen molar-refractivity contribution in [2.24, 2.45) is 0 Å². The average molecular weight is 304 g/mol. The number of hydrogen-bond donors (Lipinski definition) is 2. The highest BCUT2D eigenvalue weighted by Crippen LogP contribution is 2.25. The van der Waals surface area contributed by atoms with Gasteiger partial charge in [0.25, 0.3) is 0 Å². The van der Waals surface area contributed by atoms with Gasteiger partial charge in [0.15, 0.2) is 0 Å². The molecular weight excluding hydrogens is 284 g/mol. The van der Waals surface area contributed by atoms with Crippen LogP contribution >= 0.6 is 11.3 Å². The van der Waals surface area contributed by atoms with E-state index in [2.05, 4.69) is 21.6 Å². The Bertz CT molecular complexity index is 544. The molecule has 112 valence electrons. The fourth-order valence-electron chi connectivity index (χ4n) is 3.39. The molecule has 1 aromatic rings. The van der Waals surface area contributed by atoms with Crippen LogP contribution in [0.4, 0.5) is 5.00 Å². The first-order chi connectivity index (χ1) is 10.3. The van der Waals surface area contributed by atoms with Gasteiger partial charge in [0, 0.05) is 12.1 Å². The number of anilines is 1. The number of likely N-dealkylation sites (tertiary alicyclic amines) is 1. The summed E-state index contributed by atoms with van der Waals surface area (Å²) in [7, 11) is 0. The van der Waals surface area contributed by atoms with Crippen molar-refractivity contribution in [1.29, 1.82) is 5.26 Å². The summed E-state index contributed by atoms with van der Waals surface area (Å²) in [5.41, 5.74) is 0.545. The van der Waals surface area contributed by atoms with Crippen molar-refractivity contribution in [2.45, 2.75) is 37.8 Å². The van der Waals surface area contributed by atoms with Crippen LogP contribution in [0.25, 0.3) is 0 Å². The highest BCUT2D eigenvalue weighted by atomic mass is 32.1.